The van der Waals surface area contributed by atoms with Crippen LogP contribution >= 0.6 is 16.3 Å². The molecule has 2 aromatic rings. The zero-order valence-corrected chi connectivity index (χ0v) is 13.2. The number of para-hydroxylation sites is 1. The van der Waals surface area contributed by atoms with Crippen molar-refractivity contribution in [1.29, 1.82) is 0 Å². The Morgan fingerprint density at radius 2 is 2.04 bits per heavy atom. The molecule has 0 spiro atoms. The summed E-state index contributed by atoms with van der Waals surface area (Å²) in [6.45, 7) is 0. The van der Waals surface area contributed by atoms with Crippen molar-refractivity contribution in [1.82, 2.24) is 4.98 Å². The average molecular weight is 388 g/mol. The Morgan fingerprint density at radius 1 is 1.35 bits per heavy atom. The van der Waals surface area contributed by atoms with Gasteiger partial charge in [0.25, 0.3) is 0 Å². The van der Waals surface area contributed by atoms with E-state index in [4.69, 9.17) is 4.74 Å². The third kappa shape index (κ3) is 2.36. The molecule has 9 heteroatoms. The molecule has 3 rings (SSSR count). The van der Waals surface area contributed by atoms with Crippen molar-refractivity contribution >= 4 is 33.1 Å². The molecule has 0 bridgehead atoms. The van der Waals surface area contributed by atoms with Crippen LogP contribution in [0, 0.1) is 0 Å². The lowest BCUT2D eigenvalue weighted by molar-refractivity contribution is -0.305. The molecule has 23 heavy (non-hydrogen) atoms. The van der Waals surface area contributed by atoms with Crippen LogP contribution in [0.2, 0.25) is 0 Å². The van der Waals surface area contributed by atoms with Gasteiger partial charge in [0.2, 0.25) is 0 Å². The number of nitrogens with one attached hydrogen (secondary N) is 1. The normalized spacial score (nSPS) is 34.6. The molecule has 1 aromatic heterocycles. The van der Waals surface area contributed by atoms with Crippen LogP contribution in [0.25, 0.3) is 10.9 Å². The van der Waals surface area contributed by atoms with Gasteiger partial charge in [0.05, 0.1) is 0 Å². The van der Waals surface area contributed by atoms with Gasteiger partial charge in [0, 0.05) is 22.7 Å². The van der Waals surface area contributed by atoms with E-state index in [1.165, 1.54) is 6.20 Å². The van der Waals surface area contributed by atoms with Crippen molar-refractivity contribution in [3.8, 4) is 0 Å². The van der Waals surface area contributed by atoms with Crippen LogP contribution in [0.4, 0.5) is 0 Å². The van der Waals surface area contributed by atoms with Gasteiger partial charge in [0.15, 0.2) is 18.0 Å². The Hall–Kier alpha value is -1.49. The van der Waals surface area contributed by atoms with Crippen LogP contribution in [0.5, 0.6) is 0 Å². The van der Waals surface area contributed by atoms with Crippen LogP contribution in [-0.4, -0.2) is 56.0 Å². The van der Waals surface area contributed by atoms with Crippen molar-refractivity contribution in [2.24, 2.45) is 0 Å². The van der Waals surface area contributed by atoms with Crippen LogP contribution < -0.4 is 0 Å². The summed E-state index contributed by atoms with van der Waals surface area (Å²) in [5.41, 5.74) is -1.62. The first-order valence-corrected chi connectivity index (χ1v) is 7.36. The Labute approximate surface area is 138 Å². The molecule has 0 amide bonds. The third-order valence-corrected chi connectivity index (χ3v) is 4.42. The van der Waals surface area contributed by atoms with Crippen molar-refractivity contribution in [3.05, 3.63) is 36.0 Å². The number of hydrogen-bond donors (Lipinski definition) is 5. The number of H-pyrrole nitrogens is 1. The first-order chi connectivity index (χ1) is 10.9. The number of benzene rings is 1. The fraction of sp³-hybridized carbons (Fsp3) is 0.357. The number of aliphatic hydroxyl groups is 3. The van der Waals surface area contributed by atoms with E-state index in [1.54, 1.807) is 24.3 Å². The number of fused-ring (bicyclic) bond motifs is 1. The van der Waals surface area contributed by atoms with E-state index < -0.39 is 36.2 Å². The Kier molecular flexibility index (Phi) is 4.17. The van der Waals surface area contributed by atoms with Crippen molar-refractivity contribution in [3.63, 3.8) is 0 Å². The maximum atomic E-state index is 11.6. The Morgan fingerprint density at radius 3 is 2.70 bits per heavy atom. The molecule has 8 nitrogen and oxygen atoms in total. The highest BCUT2D eigenvalue weighted by Gasteiger charge is 2.59. The van der Waals surface area contributed by atoms with Crippen LogP contribution in [0.3, 0.4) is 0 Å². The van der Waals surface area contributed by atoms with E-state index >= 15 is 0 Å². The predicted molar refractivity (Wildman–Crippen MR) is 80.5 cm³/mol. The summed E-state index contributed by atoms with van der Waals surface area (Å²) in [6, 6.07) is 6.85. The van der Waals surface area contributed by atoms with Gasteiger partial charge >= 0.3 is 5.97 Å². The molecule has 1 saturated heterocycles. The van der Waals surface area contributed by atoms with Crippen LogP contribution in [0.15, 0.2) is 30.5 Å². The van der Waals surface area contributed by atoms with E-state index in [2.05, 4.69) is 25.1 Å². The number of hydrogen-bond acceptors (Lipinski definition) is 6. The fourth-order valence-corrected chi connectivity index (χ4v) is 3.22. The number of carboxylic acid groups (broad SMARTS) is 1. The topological polar surface area (TPSA) is 132 Å². The second-order valence-corrected chi connectivity index (χ2v) is 5.69. The van der Waals surface area contributed by atoms with Crippen molar-refractivity contribution < 1.29 is 33.8 Å². The lowest BCUT2D eigenvalue weighted by atomic mass is 9.78. The minimum absolute atomic E-state index is 0.111. The first-order valence-electron chi connectivity index (χ1n) is 6.72. The Bertz CT molecular complexity index is 735. The highest BCUT2D eigenvalue weighted by molar-refractivity contribution is 9.06. The molecule has 0 aliphatic carbocycles. The third-order valence-electron chi connectivity index (χ3n) is 4.06. The largest absolute Gasteiger partial charge is 0.479 e. The number of aliphatic hydroxyl groups excluding tert-OH is 2. The van der Waals surface area contributed by atoms with E-state index in [0.717, 1.165) is 0 Å². The molecule has 5 atom stereocenters. The maximum absolute atomic E-state index is 11.6. The summed E-state index contributed by atoms with van der Waals surface area (Å²) in [5.74, 6) is -1.50. The summed E-state index contributed by atoms with van der Waals surface area (Å²) >= 11 is 2.60. The molecular formula is C14H14BrNO7. The number of aromatic nitrogens is 1. The standard InChI is InChI=1S/C14H14BrNO7/c15-23-13-9(17)10(18)14(21,11(22-13)12(19)20)7-5-16-8-4-2-1-3-6(7)8/h1-5,9-11,13,16-18,21H,(H,19,20)/t9-,10-,11-,13+,14+/m1/s1. The number of carbonyl (C=O) groups is 1. The first kappa shape index (κ1) is 16.4. The van der Waals surface area contributed by atoms with E-state index in [9.17, 15) is 25.2 Å². The maximum Gasteiger partial charge on any atom is 0.336 e. The molecule has 1 aliphatic rings. The molecule has 1 aliphatic heterocycles. The zero-order chi connectivity index (χ0) is 16.8. The highest BCUT2D eigenvalue weighted by atomic mass is 79.9. The molecule has 0 saturated carbocycles. The number of halogens is 1. The van der Waals surface area contributed by atoms with Gasteiger partial charge in [-0.15, -0.1) is 0 Å². The second kappa shape index (κ2) is 5.86. The van der Waals surface area contributed by atoms with Gasteiger partial charge < -0.3 is 30.1 Å². The quantitative estimate of drug-likeness (QED) is 0.508. The number of rotatable bonds is 3. The molecular weight excluding hydrogens is 374 g/mol. The summed E-state index contributed by atoms with van der Waals surface area (Å²) in [6.07, 6.45) is -5.42. The van der Waals surface area contributed by atoms with Crippen LogP contribution in [-0.2, 0) is 19.0 Å². The number of aromatic amines is 1. The van der Waals surface area contributed by atoms with Crippen molar-refractivity contribution in [2.45, 2.75) is 30.2 Å². The van der Waals surface area contributed by atoms with Gasteiger partial charge in [-0.05, 0) is 6.07 Å². The monoisotopic (exact) mass is 387 g/mol. The average Bonchev–Trinajstić information content (AvgIpc) is 2.97. The lowest BCUT2D eigenvalue weighted by Crippen LogP contribution is -2.66. The van der Waals surface area contributed by atoms with E-state index in [1.807, 2.05) is 0 Å². The molecule has 5 N–H and O–H groups in total. The minimum Gasteiger partial charge on any atom is -0.479 e. The lowest BCUT2D eigenvalue weighted by Gasteiger charge is -2.45. The smallest absolute Gasteiger partial charge is 0.336 e. The van der Waals surface area contributed by atoms with E-state index in [0.29, 0.717) is 10.9 Å². The molecule has 0 radical (unpaired) electrons. The molecule has 1 fully saturated rings. The van der Waals surface area contributed by atoms with Gasteiger partial charge in [-0.3, -0.25) is 3.83 Å². The molecule has 1 aromatic carbocycles. The fourth-order valence-electron chi connectivity index (χ4n) is 2.91. The number of carboxylic acids is 1. The highest BCUT2D eigenvalue weighted by Crippen LogP contribution is 2.41. The molecule has 124 valence electrons. The van der Waals surface area contributed by atoms with Gasteiger partial charge in [0.1, 0.15) is 28.5 Å². The summed E-state index contributed by atoms with van der Waals surface area (Å²) in [5, 5.41) is 41.4. The summed E-state index contributed by atoms with van der Waals surface area (Å²) in [7, 11) is 0. The summed E-state index contributed by atoms with van der Waals surface area (Å²) in [4.78, 5) is 14.4. The second-order valence-electron chi connectivity index (χ2n) is 5.32. The zero-order valence-electron chi connectivity index (χ0n) is 11.6. The minimum atomic E-state index is -2.37. The number of aliphatic carboxylic acids is 1. The van der Waals surface area contributed by atoms with Crippen LogP contribution in [0.1, 0.15) is 5.56 Å². The molecule has 2 heterocycles. The van der Waals surface area contributed by atoms with E-state index in [-0.39, 0.29) is 5.56 Å². The van der Waals surface area contributed by atoms with Gasteiger partial charge in [-0.25, -0.2) is 4.79 Å². The van der Waals surface area contributed by atoms with Gasteiger partial charge in [-0.1, -0.05) is 18.2 Å². The predicted octanol–water partition coefficient (Wildman–Crippen LogP) is 0.213. The SMILES string of the molecule is O=C(O)[C@H]1O[C@@H](OBr)[C@H](O)[C@@H](O)[C@@]1(O)c1c[nH]c2ccccc12. The van der Waals surface area contributed by atoms with Gasteiger partial charge in [-0.2, -0.15) is 0 Å². The summed E-state index contributed by atoms with van der Waals surface area (Å²) < 4.78 is 9.78. The Balaban J connectivity index is 2.17. The van der Waals surface area contributed by atoms with Crippen molar-refractivity contribution in [2.75, 3.05) is 0 Å². The number of ether oxygens (including phenoxy) is 1. The molecule has 0 unspecified atom stereocenters.